The van der Waals surface area contributed by atoms with Gasteiger partial charge in [-0.2, -0.15) is 0 Å². The van der Waals surface area contributed by atoms with E-state index in [1.165, 1.54) is 0 Å². The Bertz CT molecular complexity index is 1470. The molecule has 3 aromatic carbocycles. The van der Waals surface area contributed by atoms with E-state index < -0.39 is 17.9 Å². The number of para-hydroxylation sites is 1. The van der Waals surface area contributed by atoms with Gasteiger partial charge in [-0.1, -0.05) is 53.5 Å². The summed E-state index contributed by atoms with van der Waals surface area (Å²) >= 11 is 3.44. The molecule has 5 rings (SSSR count). The van der Waals surface area contributed by atoms with E-state index >= 15 is 0 Å². The van der Waals surface area contributed by atoms with Gasteiger partial charge in [-0.3, -0.25) is 14.5 Å². The summed E-state index contributed by atoms with van der Waals surface area (Å²) in [6, 6.07) is 20.4. The molecule has 1 atom stereocenters. The molecule has 0 spiro atoms. The molecule has 4 aromatic rings. The van der Waals surface area contributed by atoms with Crippen LogP contribution in [0.4, 0.5) is 5.69 Å². The molecule has 0 radical (unpaired) electrons. The molecule has 0 N–H and O–H groups in total. The number of carbonyl (C=O) groups is 2. The summed E-state index contributed by atoms with van der Waals surface area (Å²) in [4.78, 5) is 41.1. The summed E-state index contributed by atoms with van der Waals surface area (Å²) in [6.45, 7) is 2.39. The molecule has 0 fully saturated rings. The highest BCUT2D eigenvalue weighted by Crippen LogP contribution is 2.41. The molecule has 0 aliphatic carbocycles. The molecule has 0 saturated carbocycles. The van der Waals surface area contributed by atoms with E-state index in [1.807, 2.05) is 31.2 Å². The van der Waals surface area contributed by atoms with Crippen LogP contribution in [-0.2, 0) is 4.74 Å². The van der Waals surface area contributed by atoms with Crippen LogP contribution in [0.2, 0.25) is 0 Å². The van der Waals surface area contributed by atoms with Gasteiger partial charge >= 0.3 is 5.97 Å². The number of ether oxygens (including phenoxy) is 1. The van der Waals surface area contributed by atoms with Crippen LogP contribution in [0, 0.1) is 0 Å². The van der Waals surface area contributed by atoms with E-state index in [4.69, 9.17) is 9.15 Å². The molecule has 35 heavy (non-hydrogen) atoms. The van der Waals surface area contributed by atoms with E-state index in [2.05, 4.69) is 15.9 Å². The quantitative estimate of drug-likeness (QED) is 0.216. The number of esters is 1. The smallest absolute Gasteiger partial charge is 0.338 e. The first-order valence-electron chi connectivity index (χ1n) is 11.4. The lowest BCUT2D eigenvalue weighted by molar-refractivity contribution is 0.0499. The van der Waals surface area contributed by atoms with Gasteiger partial charge in [-0.15, -0.1) is 0 Å². The van der Waals surface area contributed by atoms with Gasteiger partial charge < -0.3 is 9.15 Å². The van der Waals surface area contributed by atoms with Crippen molar-refractivity contribution >= 4 is 44.5 Å². The molecule has 1 amide bonds. The molecule has 1 unspecified atom stereocenters. The third kappa shape index (κ3) is 4.17. The minimum Gasteiger partial charge on any atom is -0.462 e. The Morgan fingerprint density at radius 2 is 1.71 bits per heavy atom. The number of anilines is 1. The Balaban J connectivity index is 1.60. The predicted molar refractivity (Wildman–Crippen MR) is 137 cm³/mol. The van der Waals surface area contributed by atoms with Gasteiger partial charge in [0.1, 0.15) is 5.58 Å². The van der Waals surface area contributed by atoms with Crippen molar-refractivity contribution < 1.29 is 18.7 Å². The summed E-state index contributed by atoms with van der Waals surface area (Å²) in [6.07, 6.45) is 1.73. The minimum atomic E-state index is -0.672. The first-order chi connectivity index (χ1) is 17.0. The van der Waals surface area contributed by atoms with E-state index in [1.54, 1.807) is 53.4 Å². The molecule has 7 heteroatoms. The maximum atomic E-state index is 13.6. The Hall–Kier alpha value is -3.71. The normalized spacial score (nSPS) is 14.9. The number of hydrogen-bond donors (Lipinski definition) is 0. The first-order valence-corrected chi connectivity index (χ1v) is 12.2. The van der Waals surface area contributed by atoms with E-state index in [9.17, 15) is 14.4 Å². The molecular weight excluding hydrogens is 510 g/mol. The maximum absolute atomic E-state index is 13.6. The van der Waals surface area contributed by atoms with Gasteiger partial charge in [0.05, 0.1) is 29.2 Å². The number of benzene rings is 3. The van der Waals surface area contributed by atoms with Crippen LogP contribution < -0.4 is 10.3 Å². The van der Waals surface area contributed by atoms with Gasteiger partial charge in [0.15, 0.2) is 5.43 Å². The molecular formula is C28H22BrNO5. The number of hydrogen-bond acceptors (Lipinski definition) is 5. The van der Waals surface area contributed by atoms with Crippen molar-refractivity contribution in [2.24, 2.45) is 0 Å². The van der Waals surface area contributed by atoms with Crippen LogP contribution in [0.25, 0.3) is 11.0 Å². The highest BCUT2D eigenvalue weighted by Gasteiger charge is 2.43. The lowest BCUT2D eigenvalue weighted by atomic mass is 9.98. The highest BCUT2D eigenvalue weighted by molar-refractivity contribution is 9.10. The van der Waals surface area contributed by atoms with E-state index in [0.29, 0.717) is 34.4 Å². The van der Waals surface area contributed by atoms with Crippen LogP contribution in [0.15, 0.2) is 86.5 Å². The zero-order chi connectivity index (χ0) is 24.5. The van der Waals surface area contributed by atoms with E-state index in [-0.39, 0.29) is 11.2 Å². The van der Waals surface area contributed by atoms with Gasteiger partial charge in [-0.25, -0.2) is 4.79 Å². The van der Waals surface area contributed by atoms with Crippen molar-refractivity contribution in [2.75, 3.05) is 11.5 Å². The van der Waals surface area contributed by atoms with Crippen LogP contribution in [0.1, 0.15) is 57.8 Å². The van der Waals surface area contributed by atoms with Crippen molar-refractivity contribution in [2.45, 2.75) is 25.8 Å². The second-order valence-corrected chi connectivity index (χ2v) is 9.25. The summed E-state index contributed by atoms with van der Waals surface area (Å²) in [5.41, 5.74) is 2.15. The molecule has 1 aliphatic heterocycles. The van der Waals surface area contributed by atoms with Crippen molar-refractivity contribution in [1.29, 1.82) is 0 Å². The molecule has 1 aliphatic rings. The first kappa shape index (κ1) is 23.1. The van der Waals surface area contributed by atoms with Crippen molar-refractivity contribution in [3.63, 3.8) is 0 Å². The molecule has 6 nitrogen and oxygen atoms in total. The third-order valence-corrected chi connectivity index (χ3v) is 6.60. The summed E-state index contributed by atoms with van der Waals surface area (Å²) < 4.78 is 12.1. The fourth-order valence-corrected chi connectivity index (χ4v) is 4.56. The fraction of sp³-hybridized carbons (Fsp3) is 0.179. The van der Waals surface area contributed by atoms with E-state index in [0.717, 1.165) is 22.9 Å². The Kier molecular flexibility index (Phi) is 6.26. The molecule has 0 saturated heterocycles. The number of fused-ring (bicyclic) bond motifs is 2. The standard InChI is InChI=1S/C28H22BrNO5/c1-2-3-16-34-28(33)18-10-14-20(15-11-18)30-24(17-8-12-19(29)13-9-17)23-25(31)21-6-4-5-7-22(21)35-26(23)27(30)32/h4-15,24H,2-3,16H2,1H3. The van der Waals surface area contributed by atoms with Crippen LogP contribution in [-0.4, -0.2) is 18.5 Å². The minimum absolute atomic E-state index is 0.0321. The number of rotatable bonds is 6. The Morgan fingerprint density at radius 1 is 1.00 bits per heavy atom. The largest absolute Gasteiger partial charge is 0.462 e. The molecule has 2 heterocycles. The van der Waals surface area contributed by atoms with Gasteiger partial charge in [0.2, 0.25) is 5.76 Å². The molecule has 1 aromatic heterocycles. The lowest BCUT2D eigenvalue weighted by Crippen LogP contribution is -2.29. The number of unbranched alkanes of at least 4 members (excludes halogenated alkanes) is 1. The van der Waals surface area contributed by atoms with Crippen LogP contribution in [0.5, 0.6) is 0 Å². The SMILES string of the molecule is CCCCOC(=O)c1ccc(N2C(=O)c3oc4ccccc4c(=O)c3C2c2ccc(Br)cc2)cc1. The van der Waals surface area contributed by atoms with Crippen molar-refractivity contribution in [1.82, 2.24) is 0 Å². The van der Waals surface area contributed by atoms with Crippen LogP contribution >= 0.6 is 15.9 Å². The average Bonchev–Trinajstić information content (AvgIpc) is 3.17. The average molecular weight is 532 g/mol. The lowest BCUT2D eigenvalue weighted by Gasteiger charge is -2.25. The van der Waals surface area contributed by atoms with Gasteiger partial charge in [0.25, 0.3) is 5.91 Å². The summed E-state index contributed by atoms with van der Waals surface area (Å²) in [7, 11) is 0. The van der Waals surface area contributed by atoms with Gasteiger partial charge in [-0.05, 0) is 60.5 Å². The Morgan fingerprint density at radius 3 is 2.43 bits per heavy atom. The predicted octanol–water partition coefficient (Wildman–Crippen LogP) is 6.26. The van der Waals surface area contributed by atoms with Gasteiger partial charge in [0, 0.05) is 10.2 Å². The number of carbonyl (C=O) groups excluding carboxylic acids is 2. The molecule has 176 valence electrons. The fourth-order valence-electron chi connectivity index (χ4n) is 4.30. The maximum Gasteiger partial charge on any atom is 0.338 e. The number of halogens is 1. The number of nitrogens with zero attached hydrogens (tertiary/aromatic N) is 1. The Labute approximate surface area is 210 Å². The summed E-state index contributed by atoms with van der Waals surface area (Å²) in [5, 5.41) is 0.424. The highest BCUT2D eigenvalue weighted by atomic mass is 79.9. The second-order valence-electron chi connectivity index (χ2n) is 8.34. The second kappa shape index (κ2) is 9.50. The third-order valence-electron chi connectivity index (χ3n) is 6.08. The number of amides is 1. The zero-order valence-corrected chi connectivity index (χ0v) is 20.6. The van der Waals surface area contributed by atoms with Crippen molar-refractivity contribution in [3.8, 4) is 0 Å². The zero-order valence-electron chi connectivity index (χ0n) is 19.0. The van der Waals surface area contributed by atoms with Crippen molar-refractivity contribution in [3.05, 3.63) is 110 Å². The topological polar surface area (TPSA) is 76.8 Å². The summed E-state index contributed by atoms with van der Waals surface area (Å²) in [5.74, 6) is -0.785. The van der Waals surface area contributed by atoms with Crippen LogP contribution in [0.3, 0.4) is 0 Å². The molecule has 0 bridgehead atoms. The monoisotopic (exact) mass is 531 g/mol.